The molecule has 0 spiro atoms. The number of nitrogens with two attached hydrogens (primary N) is 1. The Morgan fingerprint density at radius 1 is 1.42 bits per heavy atom. The first kappa shape index (κ1) is 13.8. The summed E-state index contributed by atoms with van der Waals surface area (Å²) in [6.45, 7) is 4.06. The lowest BCUT2D eigenvalue weighted by atomic mass is 9.90. The molecule has 0 radical (unpaired) electrons. The highest BCUT2D eigenvalue weighted by Crippen LogP contribution is 2.33. The van der Waals surface area contributed by atoms with Crippen LogP contribution in [0.2, 0.25) is 0 Å². The molecule has 1 atom stereocenters. The Morgan fingerprint density at radius 2 is 2.11 bits per heavy atom. The number of hydrogen-bond donors (Lipinski definition) is 1. The zero-order valence-electron chi connectivity index (χ0n) is 11.7. The second-order valence-corrected chi connectivity index (χ2v) is 5.38. The Kier molecular flexibility index (Phi) is 3.75. The van der Waals surface area contributed by atoms with Crippen LogP contribution in [0.4, 0.5) is 4.39 Å². The van der Waals surface area contributed by atoms with Crippen molar-refractivity contribution in [1.82, 2.24) is 9.80 Å². The second kappa shape index (κ2) is 5.17. The Bertz CT molecular complexity index is 486. The Morgan fingerprint density at radius 3 is 2.74 bits per heavy atom. The van der Waals surface area contributed by atoms with E-state index in [-0.39, 0.29) is 5.82 Å². The molecule has 4 nitrogen and oxygen atoms in total. The lowest BCUT2D eigenvalue weighted by molar-refractivity contribution is 0.200. The van der Waals surface area contributed by atoms with E-state index in [0.717, 1.165) is 13.1 Å². The molecular weight excluding hydrogens is 243 g/mol. The minimum Gasteiger partial charge on any atom is -0.370 e. The van der Waals surface area contributed by atoms with Crippen molar-refractivity contribution >= 4 is 5.96 Å². The lowest BCUT2D eigenvalue weighted by Gasteiger charge is -2.37. The topological polar surface area (TPSA) is 44.9 Å². The van der Waals surface area contributed by atoms with E-state index in [1.54, 1.807) is 6.07 Å². The van der Waals surface area contributed by atoms with Crippen LogP contribution in [0.5, 0.6) is 0 Å². The third-order valence-electron chi connectivity index (χ3n) is 3.65. The molecule has 1 aliphatic rings. The zero-order valence-corrected chi connectivity index (χ0v) is 11.7. The van der Waals surface area contributed by atoms with Gasteiger partial charge in [0.05, 0.1) is 12.1 Å². The minimum atomic E-state index is -0.495. The van der Waals surface area contributed by atoms with E-state index in [0.29, 0.717) is 18.1 Å². The number of likely N-dealkylation sites (N-methyl/N-ethyl adjacent to an activating group) is 1. The molecule has 2 N–H and O–H groups in total. The molecule has 0 amide bonds. The molecule has 0 bridgehead atoms. The highest BCUT2D eigenvalue weighted by molar-refractivity contribution is 5.81. The van der Waals surface area contributed by atoms with Crippen LogP contribution in [-0.2, 0) is 5.54 Å². The Balaban J connectivity index is 2.29. The van der Waals surface area contributed by atoms with E-state index < -0.39 is 5.54 Å². The van der Waals surface area contributed by atoms with Crippen molar-refractivity contribution in [1.29, 1.82) is 0 Å². The number of rotatable bonds is 4. The molecule has 104 valence electrons. The normalized spacial score (nSPS) is 23.0. The molecule has 1 unspecified atom stereocenters. The third kappa shape index (κ3) is 2.56. The van der Waals surface area contributed by atoms with E-state index >= 15 is 0 Å². The van der Waals surface area contributed by atoms with Crippen molar-refractivity contribution in [3.8, 4) is 0 Å². The van der Waals surface area contributed by atoms with Gasteiger partial charge in [0.2, 0.25) is 0 Å². The van der Waals surface area contributed by atoms with Crippen molar-refractivity contribution in [2.45, 2.75) is 12.5 Å². The molecule has 1 aliphatic heterocycles. The maximum absolute atomic E-state index is 14.1. The lowest BCUT2D eigenvalue weighted by Crippen LogP contribution is -2.50. The first-order chi connectivity index (χ1) is 8.95. The number of guanidine groups is 1. The summed E-state index contributed by atoms with van der Waals surface area (Å²) in [7, 11) is 4.01. The van der Waals surface area contributed by atoms with Crippen LogP contribution in [-0.4, -0.2) is 49.5 Å². The molecule has 2 rings (SSSR count). The average Bonchev–Trinajstić information content (AvgIpc) is 2.64. The predicted octanol–water partition coefficient (Wildman–Crippen LogP) is 1.23. The summed E-state index contributed by atoms with van der Waals surface area (Å²) in [4.78, 5) is 8.37. The van der Waals surface area contributed by atoms with Crippen LogP contribution in [0.3, 0.4) is 0 Å². The van der Waals surface area contributed by atoms with Gasteiger partial charge in [0.15, 0.2) is 5.96 Å². The van der Waals surface area contributed by atoms with E-state index in [1.807, 2.05) is 38.1 Å². The van der Waals surface area contributed by atoms with Crippen molar-refractivity contribution in [3.63, 3.8) is 0 Å². The monoisotopic (exact) mass is 264 g/mol. The number of halogens is 1. The fourth-order valence-corrected chi connectivity index (χ4v) is 2.45. The van der Waals surface area contributed by atoms with Gasteiger partial charge >= 0.3 is 0 Å². The third-order valence-corrected chi connectivity index (χ3v) is 3.65. The number of aliphatic imine (C=N–C) groups is 1. The number of hydrogen-bond acceptors (Lipinski definition) is 4. The fourth-order valence-electron chi connectivity index (χ4n) is 2.45. The summed E-state index contributed by atoms with van der Waals surface area (Å²) in [6.07, 6.45) is 0. The number of benzene rings is 1. The molecule has 1 heterocycles. The summed E-state index contributed by atoms with van der Waals surface area (Å²) >= 11 is 0. The van der Waals surface area contributed by atoms with Gasteiger partial charge in [-0.3, -0.25) is 4.99 Å². The zero-order chi connectivity index (χ0) is 14.0. The van der Waals surface area contributed by atoms with Crippen molar-refractivity contribution in [2.24, 2.45) is 10.7 Å². The maximum atomic E-state index is 14.1. The van der Waals surface area contributed by atoms with Crippen molar-refractivity contribution in [2.75, 3.05) is 33.7 Å². The summed E-state index contributed by atoms with van der Waals surface area (Å²) in [5.41, 5.74) is 6.12. The maximum Gasteiger partial charge on any atom is 0.192 e. The second-order valence-electron chi connectivity index (χ2n) is 5.38. The smallest absolute Gasteiger partial charge is 0.192 e. The Labute approximate surface area is 113 Å². The Hall–Kier alpha value is -1.62. The fraction of sp³-hybridized carbons (Fsp3) is 0.500. The van der Waals surface area contributed by atoms with Gasteiger partial charge in [0, 0.05) is 18.7 Å². The van der Waals surface area contributed by atoms with Crippen LogP contribution in [0.1, 0.15) is 12.5 Å². The molecule has 1 aromatic carbocycles. The van der Waals surface area contributed by atoms with Gasteiger partial charge in [0.25, 0.3) is 0 Å². The van der Waals surface area contributed by atoms with Gasteiger partial charge in [-0.15, -0.1) is 0 Å². The minimum absolute atomic E-state index is 0.204. The van der Waals surface area contributed by atoms with Crippen LogP contribution in [0.15, 0.2) is 29.3 Å². The van der Waals surface area contributed by atoms with Gasteiger partial charge in [-0.25, -0.2) is 4.39 Å². The van der Waals surface area contributed by atoms with Crippen LogP contribution >= 0.6 is 0 Å². The van der Waals surface area contributed by atoms with Gasteiger partial charge in [-0.05, 0) is 27.1 Å². The number of nitrogens with zero attached hydrogens (tertiary/aromatic N) is 3. The SMILES string of the molecule is CN(C)CCN1C(N)=NCC1(C)c1ccccc1F. The van der Waals surface area contributed by atoms with E-state index in [2.05, 4.69) is 9.89 Å². The molecular formula is C14H21FN4. The molecule has 19 heavy (non-hydrogen) atoms. The van der Waals surface area contributed by atoms with Crippen LogP contribution in [0, 0.1) is 5.82 Å². The standard InChI is InChI=1S/C14H21FN4/c1-14(11-6-4-5-7-12(11)15)10-17-13(16)19(14)9-8-18(2)3/h4-7H,8-10H2,1-3H3,(H2,16,17). The molecule has 0 saturated heterocycles. The highest BCUT2D eigenvalue weighted by atomic mass is 19.1. The average molecular weight is 264 g/mol. The van der Waals surface area contributed by atoms with Crippen LogP contribution < -0.4 is 5.73 Å². The van der Waals surface area contributed by atoms with Gasteiger partial charge < -0.3 is 15.5 Å². The van der Waals surface area contributed by atoms with E-state index in [9.17, 15) is 4.39 Å². The summed E-state index contributed by atoms with van der Waals surface area (Å²) < 4.78 is 14.1. The predicted molar refractivity (Wildman–Crippen MR) is 75.5 cm³/mol. The summed E-state index contributed by atoms with van der Waals surface area (Å²) in [5.74, 6) is 0.289. The molecule has 0 fully saturated rings. The van der Waals surface area contributed by atoms with Gasteiger partial charge in [-0.2, -0.15) is 0 Å². The molecule has 1 aromatic rings. The molecule has 0 aliphatic carbocycles. The van der Waals surface area contributed by atoms with Gasteiger partial charge in [0.1, 0.15) is 5.82 Å². The molecule has 0 saturated carbocycles. The van der Waals surface area contributed by atoms with E-state index in [1.165, 1.54) is 6.07 Å². The van der Waals surface area contributed by atoms with Crippen molar-refractivity contribution in [3.05, 3.63) is 35.6 Å². The quantitative estimate of drug-likeness (QED) is 0.889. The first-order valence-corrected chi connectivity index (χ1v) is 6.42. The molecule has 5 heteroatoms. The van der Waals surface area contributed by atoms with Crippen LogP contribution in [0.25, 0.3) is 0 Å². The van der Waals surface area contributed by atoms with Gasteiger partial charge in [-0.1, -0.05) is 18.2 Å². The van der Waals surface area contributed by atoms with E-state index in [4.69, 9.17) is 5.73 Å². The summed E-state index contributed by atoms with van der Waals surface area (Å²) in [5, 5.41) is 0. The molecule has 0 aromatic heterocycles. The first-order valence-electron chi connectivity index (χ1n) is 6.42. The highest BCUT2D eigenvalue weighted by Gasteiger charge is 2.40. The van der Waals surface area contributed by atoms with Crippen molar-refractivity contribution < 1.29 is 4.39 Å². The summed E-state index contributed by atoms with van der Waals surface area (Å²) in [6, 6.07) is 6.85. The largest absolute Gasteiger partial charge is 0.370 e.